The lowest BCUT2D eigenvalue weighted by molar-refractivity contribution is 0.0954. The molecule has 0 radical (unpaired) electrons. The fourth-order valence-corrected chi connectivity index (χ4v) is 3.15. The molecule has 0 aliphatic heterocycles. The minimum Gasteiger partial charge on any atom is -0.355 e. The number of carbonyl (C=O) groups excluding carboxylic acids is 1. The fraction of sp³-hybridized carbons (Fsp3) is 0.600. The molecule has 1 amide bonds. The van der Waals surface area contributed by atoms with E-state index in [1.54, 1.807) is 13.1 Å². The van der Waals surface area contributed by atoms with Crippen LogP contribution < -0.4 is 16.0 Å². The van der Waals surface area contributed by atoms with Crippen LogP contribution >= 0.6 is 39.9 Å². The summed E-state index contributed by atoms with van der Waals surface area (Å²) in [6.07, 6.45) is 2.26. The second-order valence-electron chi connectivity index (χ2n) is 6.48. The van der Waals surface area contributed by atoms with Gasteiger partial charge in [0.1, 0.15) is 0 Å². The molecule has 1 unspecified atom stereocenters. The number of guanidine groups is 1. The molecule has 0 aromatic heterocycles. The Morgan fingerprint density at radius 2 is 1.89 bits per heavy atom. The number of amides is 1. The maximum absolute atomic E-state index is 12.1. The van der Waals surface area contributed by atoms with Gasteiger partial charge in [0.25, 0.3) is 5.91 Å². The molecule has 1 aromatic rings. The van der Waals surface area contributed by atoms with Crippen LogP contribution in [0.3, 0.4) is 0 Å². The van der Waals surface area contributed by atoms with Crippen molar-refractivity contribution in [3.63, 3.8) is 0 Å². The minimum atomic E-state index is -0.0779. The van der Waals surface area contributed by atoms with Gasteiger partial charge in [0.2, 0.25) is 0 Å². The van der Waals surface area contributed by atoms with Gasteiger partial charge in [-0.3, -0.25) is 9.79 Å². The van der Waals surface area contributed by atoms with Crippen LogP contribution in [0.1, 0.15) is 44.0 Å². The van der Waals surface area contributed by atoms with Gasteiger partial charge in [0, 0.05) is 36.2 Å². The second kappa shape index (κ2) is 16.0. The Hall–Kier alpha value is -0.870. The summed E-state index contributed by atoms with van der Waals surface area (Å²) in [7, 11) is 1.76. The van der Waals surface area contributed by atoms with E-state index in [0.29, 0.717) is 24.7 Å². The molecule has 28 heavy (non-hydrogen) atoms. The Bertz CT molecular complexity index is 596. The molecule has 0 saturated carbocycles. The summed E-state index contributed by atoms with van der Waals surface area (Å²) in [6, 6.07) is 7.71. The van der Waals surface area contributed by atoms with Gasteiger partial charge in [-0.2, -0.15) is 0 Å². The van der Waals surface area contributed by atoms with E-state index in [9.17, 15) is 4.79 Å². The number of aliphatic imine (C=N–C) groups is 1. The first-order valence-corrected chi connectivity index (χ1v) is 10.5. The normalized spacial score (nSPS) is 12.3. The number of nitrogens with one attached hydrogen (secondary N) is 3. The molecule has 0 aliphatic rings. The van der Waals surface area contributed by atoms with Crippen LogP contribution in [-0.2, 0) is 0 Å². The van der Waals surface area contributed by atoms with E-state index < -0.39 is 0 Å². The fourth-order valence-electron chi connectivity index (χ4n) is 2.75. The van der Waals surface area contributed by atoms with Crippen LogP contribution in [0.5, 0.6) is 0 Å². The number of rotatable bonds is 11. The average Bonchev–Trinajstić information content (AvgIpc) is 2.67. The molecule has 6 nitrogen and oxygen atoms in total. The molecule has 0 saturated heterocycles. The van der Waals surface area contributed by atoms with Crippen molar-refractivity contribution in [1.29, 1.82) is 0 Å². The van der Waals surface area contributed by atoms with Gasteiger partial charge >= 0.3 is 0 Å². The number of carbonyl (C=O) groups is 1. The summed E-state index contributed by atoms with van der Waals surface area (Å²) in [5.41, 5.74) is 0.647. The molecule has 1 aromatic carbocycles. The lowest BCUT2D eigenvalue weighted by atomic mass is 10.2. The first kappa shape index (κ1) is 27.1. The lowest BCUT2D eigenvalue weighted by Gasteiger charge is -2.21. The van der Waals surface area contributed by atoms with Crippen LogP contribution in [0.2, 0.25) is 0 Å². The van der Waals surface area contributed by atoms with E-state index in [-0.39, 0.29) is 29.9 Å². The molecular weight excluding hydrogens is 533 g/mol. The zero-order chi connectivity index (χ0) is 20.1. The van der Waals surface area contributed by atoms with Crippen molar-refractivity contribution >= 4 is 51.8 Å². The van der Waals surface area contributed by atoms with Crippen LogP contribution in [0.4, 0.5) is 0 Å². The predicted molar refractivity (Wildman–Crippen MR) is 133 cm³/mol. The number of hydrogen-bond donors (Lipinski definition) is 3. The van der Waals surface area contributed by atoms with Crippen molar-refractivity contribution in [2.75, 3.05) is 39.8 Å². The first-order chi connectivity index (χ1) is 13.0. The van der Waals surface area contributed by atoms with Crippen LogP contribution in [0.25, 0.3) is 0 Å². The van der Waals surface area contributed by atoms with Gasteiger partial charge in [-0.05, 0) is 57.6 Å². The molecular formula is C20H35BrIN5O. The highest BCUT2D eigenvalue weighted by atomic mass is 127. The van der Waals surface area contributed by atoms with Gasteiger partial charge in [-0.25, -0.2) is 0 Å². The summed E-state index contributed by atoms with van der Waals surface area (Å²) >= 11 is 3.38. The summed E-state index contributed by atoms with van der Waals surface area (Å²) < 4.78 is 0.896. The topological polar surface area (TPSA) is 68.8 Å². The Morgan fingerprint density at radius 3 is 2.50 bits per heavy atom. The van der Waals surface area contributed by atoms with Crippen molar-refractivity contribution in [1.82, 2.24) is 20.9 Å². The van der Waals surface area contributed by atoms with Crippen LogP contribution in [0, 0.1) is 0 Å². The molecule has 160 valence electrons. The van der Waals surface area contributed by atoms with E-state index in [4.69, 9.17) is 0 Å². The molecule has 0 fully saturated rings. The maximum atomic E-state index is 12.1. The van der Waals surface area contributed by atoms with E-state index in [1.165, 1.54) is 0 Å². The Kier molecular flexibility index (Phi) is 15.5. The highest BCUT2D eigenvalue weighted by Gasteiger charge is 2.07. The number of hydrogen-bond acceptors (Lipinski definition) is 3. The van der Waals surface area contributed by atoms with Crippen LogP contribution in [0.15, 0.2) is 33.7 Å². The van der Waals surface area contributed by atoms with Crippen molar-refractivity contribution in [3.05, 3.63) is 34.3 Å². The van der Waals surface area contributed by atoms with Crippen molar-refractivity contribution in [3.8, 4) is 0 Å². The van der Waals surface area contributed by atoms with E-state index >= 15 is 0 Å². The minimum absolute atomic E-state index is 0. The molecule has 0 bridgehead atoms. The largest absolute Gasteiger partial charge is 0.355 e. The quantitative estimate of drug-likeness (QED) is 0.166. The highest BCUT2D eigenvalue weighted by Crippen LogP contribution is 2.11. The third-order valence-electron chi connectivity index (χ3n) is 4.40. The van der Waals surface area contributed by atoms with Gasteiger partial charge < -0.3 is 20.9 Å². The monoisotopic (exact) mass is 567 g/mol. The van der Waals surface area contributed by atoms with Gasteiger partial charge in [-0.15, -0.1) is 24.0 Å². The second-order valence-corrected chi connectivity index (χ2v) is 7.40. The predicted octanol–water partition coefficient (Wildman–Crippen LogP) is 3.47. The average molecular weight is 568 g/mol. The zero-order valence-corrected chi connectivity index (χ0v) is 21.3. The third kappa shape index (κ3) is 11.2. The summed E-state index contributed by atoms with van der Waals surface area (Å²) in [5, 5.41) is 9.56. The Balaban J connectivity index is 0.00000729. The number of benzene rings is 1. The first-order valence-electron chi connectivity index (χ1n) is 9.73. The lowest BCUT2D eigenvalue weighted by Crippen LogP contribution is -2.45. The van der Waals surface area contributed by atoms with Crippen molar-refractivity contribution in [2.45, 2.75) is 39.7 Å². The third-order valence-corrected chi connectivity index (χ3v) is 4.90. The van der Waals surface area contributed by atoms with Crippen molar-refractivity contribution in [2.24, 2.45) is 4.99 Å². The van der Waals surface area contributed by atoms with Crippen molar-refractivity contribution < 1.29 is 4.79 Å². The SMILES string of the molecule is CCN(CC)CCCC(C)NC(=NC)NCCNC(=O)c1cccc(Br)c1.I. The van der Waals surface area contributed by atoms with Crippen LogP contribution in [-0.4, -0.2) is 62.6 Å². The standard InChI is InChI=1S/C20H34BrN5O.HI/c1-5-26(6-2)14-8-9-16(3)25-20(22-4)24-13-12-23-19(27)17-10-7-11-18(21)15-17;/h7,10-11,15-16H,5-6,8-9,12-14H2,1-4H3,(H,23,27)(H2,22,24,25);1H. The molecule has 1 atom stereocenters. The summed E-state index contributed by atoms with van der Waals surface area (Å²) in [6.45, 7) is 11.1. The van der Waals surface area contributed by atoms with E-state index in [2.05, 4.69) is 62.5 Å². The summed E-state index contributed by atoms with van der Waals surface area (Å²) in [5.74, 6) is 0.688. The molecule has 0 heterocycles. The zero-order valence-electron chi connectivity index (χ0n) is 17.4. The van der Waals surface area contributed by atoms with Gasteiger partial charge in [0.05, 0.1) is 0 Å². The smallest absolute Gasteiger partial charge is 0.251 e. The summed E-state index contributed by atoms with van der Waals surface area (Å²) in [4.78, 5) is 18.8. The molecule has 0 spiro atoms. The maximum Gasteiger partial charge on any atom is 0.251 e. The van der Waals surface area contributed by atoms with Gasteiger partial charge in [-0.1, -0.05) is 35.8 Å². The van der Waals surface area contributed by atoms with Gasteiger partial charge in [0.15, 0.2) is 5.96 Å². The molecule has 0 aliphatic carbocycles. The van der Waals surface area contributed by atoms with E-state index in [1.807, 2.05) is 18.2 Å². The highest BCUT2D eigenvalue weighted by molar-refractivity contribution is 14.0. The van der Waals surface area contributed by atoms with E-state index in [0.717, 1.165) is 42.9 Å². The molecule has 1 rings (SSSR count). The number of halogens is 2. The Labute approximate surface area is 195 Å². The number of nitrogens with zero attached hydrogens (tertiary/aromatic N) is 2. The Morgan fingerprint density at radius 1 is 1.21 bits per heavy atom. The molecule has 8 heteroatoms. The molecule has 3 N–H and O–H groups in total.